The van der Waals surface area contributed by atoms with Crippen LogP contribution < -0.4 is 4.74 Å². The Balaban J connectivity index is 2.08. The molecule has 0 saturated heterocycles. The highest BCUT2D eigenvalue weighted by Gasteiger charge is 2.10. The van der Waals surface area contributed by atoms with Crippen molar-refractivity contribution in [1.82, 2.24) is 4.98 Å². The van der Waals surface area contributed by atoms with Crippen LogP contribution in [0.25, 0.3) is 0 Å². The molecule has 20 heavy (non-hydrogen) atoms. The molecule has 1 aromatic heterocycles. The van der Waals surface area contributed by atoms with Gasteiger partial charge < -0.3 is 4.74 Å². The Bertz CT molecular complexity index is 620. The molecular formula is C13H10BrFN2O3. The van der Waals surface area contributed by atoms with E-state index < -0.39 is 10.7 Å². The van der Waals surface area contributed by atoms with Crippen molar-refractivity contribution in [2.24, 2.45) is 0 Å². The molecule has 1 aromatic carbocycles. The lowest BCUT2D eigenvalue weighted by atomic mass is 10.2. The molecule has 0 N–H and O–H groups in total. The molecule has 0 fully saturated rings. The van der Waals surface area contributed by atoms with E-state index >= 15 is 0 Å². The second-order valence-corrected chi connectivity index (χ2v) is 4.54. The van der Waals surface area contributed by atoms with Gasteiger partial charge in [-0.2, -0.15) is 0 Å². The minimum absolute atomic E-state index is 0.0357. The van der Waals surface area contributed by atoms with Gasteiger partial charge in [0.05, 0.1) is 22.9 Å². The van der Waals surface area contributed by atoms with Crippen molar-refractivity contribution >= 4 is 21.6 Å². The third-order valence-corrected chi connectivity index (χ3v) is 3.07. The SMILES string of the molecule is O=[N+]([O-])c1cc(F)cc(COc2ccc(CBr)nc2)c1. The minimum Gasteiger partial charge on any atom is -0.487 e. The Morgan fingerprint density at radius 2 is 2.15 bits per heavy atom. The van der Waals surface area contributed by atoms with Crippen LogP contribution in [0.3, 0.4) is 0 Å². The number of benzene rings is 1. The van der Waals surface area contributed by atoms with Crippen molar-refractivity contribution in [3.05, 3.63) is 63.7 Å². The van der Waals surface area contributed by atoms with Crippen LogP contribution in [-0.2, 0) is 11.9 Å². The molecule has 104 valence electrons. The Labute approximate surface area is 122 Å². The van der Waals surface area contributed by atoms with Gasteiger partial charge in [-0.25, -0.2) is 4.39 Å². The lowest BCUT2D eigenvalue weighted by Gasteiger charge is -2.06. The van der Waals surface area contributed by atoms with Crippen LogP contribution in [0.5, 0.6) is 5.75 Å². The van der Waals surface area contributed by atoms with Gasteiger partial charge in [-0.1, -0.05) is 15.9 Å². The molecule has 0 radical (unpaired) electrons. The fourth-order valence-electron chi connectivity index (χ4n) is 1.56. The fourth-order valence-corrected chi connectivity index (χ4v) is 1.90. The first kappa shape index (κ1) is 14.4. The molecule has 7 heteroatoms. The minimum atomic E-state index is -0.662. The molecule has 0 spiro atoms. The summed E-state index contributed by atoms with van der Waals surface area (Å²) in [5.41, 5.74) is 0.955. The second kappa shape index (κ2) is 6.42. The van der Waals surface area contributed by atoms with E-state index in [1.807, 2.05) is 0 Å². The Morgan fingerprint density at radius 3 is 2.75 bits per heavy atom. The van der Waals surface area contributed by atoms with Crippen LogP contribution in [0, 0.1) is 15.9 Å². The summed E-state index contributed by atoms with van der Waals surface area (Å²) in [5.74, 6) is -0.146. The number of nitro benzene ring substituents is 1. The van der Waals surface area contributed by atoms with Crippen LogP contribution in [0.1, 0.15) is 11.3 Å². The molecule has 0 aliphatic rings. The van der Waals surface area contributed by atoms with Crippen molar-refractivity contribution in [3.63, 3.8) is 0 Å². The average molecular weight is 341 g/mol. The van der Waals surface area contributed by atoms with Crippen LogP contribution in [0.2, 0.25) is 0 Å². The molecular weight excluding hydrogens is 331 g/mol. The molecule has 0 aliphatic heterocycles. The summed E-state index contributed by atoms with van der Waals surface area (Å²) in [6.07, 6.45) is 1.55. The first-order valence-corrected chi connectivity index (χ1v) is 6.78. The molecule has 0 saturated carbocycles. The largest absolute Gasteiger partial charge is 0.487 e. The molecule has 0 amide bonds. The molecule has 5 nitrogen and oxygen atoms in total. The summed E-state index contributed by atoms with van der Waals surface area (Å²) in [6, 6.07) is 6.88. The number of aromatic nitrogens is 1. The number of pyridine rings is 1. The van der Waals surface area contributed by atoms with E-state index in [4.69, 9.17) is 4.74 Å². The number of alkyl halides is 1. The number of halogens is 2. The number of nitro groups is 1. The number of ether oxygens (including phenoxy) is 1. The van der Waals surface area contributed by atoms with Gasteiger partial charge in [0.1, 0.15) is 18.2 Å². The summed E-state index contributed by atoms with van der Waals surface area (Å²) in [4.78, 5) is 14.1. The second-order valence-electron chi connectivity index (χ2n) is 3.98. The van der Waals surface area contributed by atoms with E-state index in [1.165, 1.54) is 12.1 Å². The molecule has 1 heterocycles. The third kappa shape index (κ3) is 3.74. The standard InChI is InChI=1S/C13H10BrFN2O3/c14-6-11-1-2-13(7-16-11)20-8-9-3-10(15)5-12(4-9)17(18)19/h1-5,7H,6,8H2. The maximum Gasteiger partial charge on any atom is 0.272 e. The average Bonchev–Trinajstić information content (AvgIpc) is 2.45. The van der Waals surface area contributed by atoms with E-state index in [2.05, 4.69) is 20.9 Å². The maximum atomic E-state index is 13.2. The summed E-state index contributed by atoms with van der Waals surface area (Å²) < 4.78 is 18.6. The third-order valence-electron chi connectivity index (χ3n) is 2.49. The maximum absolute atomic E-state index is 13.2. The van der Waals surface area contributed by atoms with Crippen molar-refractivity contribution in [2.45, 2.75) is 11.9 Å². The van der Waals surface area contributed by atoms with Gasteiger partial charge >= 0.3 is 0 Å². The highest BCUT2D eigenvalue weighted by Crippen LogP contribution is 2.18. The lowest BCUT2D eigenvalue weighted by molar-refractivity contribution is -0.385. The number of rotatable bonds is 5. The predicted octanol–water partition coefficient (Wildman–Crippen LogP) is 3.60. The van der Waals surface area contributed by atoms with E-state index in [0.29, 0.717) is 16.6 Å². The first-order valence-electron chi connectivity index (χ1n) is 5.66. The first-order chi connectivity index (χ1) is 9.58. The zero-order valence-electron chi connectivity index (χ0n) is 10.3. The quantitative estimate of drug-likeness (QED) is 0.473. The molecule has 2 aromatic rings. The van der Waals surface area contributed by atoms with Crippen LogP contribution in [0.15, 0.2) is 36.5 Å². The number of hydrogen-bond acceptors (Lipinski definition) is 4. The van der Waals surface area contributed by atoms with Gasteiger partial charge in [0.15, 0.2) is 0 Å². The summed E-state index contributed by atoms with van der Waals surface area (Å²) in [5, 5.41) is 11.3. The van der Waals surface area contributed by atoms with Crippen molar-refractivity contribution in [2.75, 3.05) is 0 Å². The van der Waals surface area contributed by atoms with Gasteiger partial charge in [-0.3, -0.25) is 15.1 Å². The number of hydrogen-bond donors (Lipinski definition) is 0. The number of non-ortho nitro benzene ring substituents is 1. The fraction of sp³-hybridized carbons (Fsp3) is 0.154. The highest BCUT2D eigenvalue weighted by molar-refractivity contribution is 9.08. The molecule has 0 unspecified atom stereocenters. The predicted molar refractivity (Wildman–Crippen MR) is 74.3 cm³/mol. The van der Waals surface area contributed by atoms with E-state index in [1.54, 1.807) is 18.3 Å². The monoisotopic (exact) mass is 340 g/mol. The van der Waals surface area contributed by atoms with Crippen LogP contribution in [-0.4, -0.2) is 9.91 Å². The van der Waals surface area contributed by atoms with Crippen LogP contribution >= 0.6 is 15.9 Å². The Hall–Kier alpha value is -2.02. The van der Waals surface area contributed by atoms with Gasteiger partial charge in [0.2, 0.25) is 0 Å². The van der Waals surface area contributed by atoms with Crippen molar-refractivity contribution < 1.29 is 14.1 Å². The normalized spacial score (nSPS) is 10.3. The topological polar surface area (TPSA) is 65.3 Å². The van der Waals surface area contributed by atoms with Crippen molar-refractivity contribution in [1.29, 1.82) is 0 Å². The summed E-state index contributed by atoms with van der Waals surface area (Å²) >= 11 is 3.28. The van der Waals surface area contributed by atoms with Gasteiger partial charge in [-0.15, -0.1) is 0 Å². The van der Waals surface area contributed by atoms with Crippen molar-refractivity contribution in [3.8, 4) is 5.75 Å². The Kier molecular flexibility index (Phi) is 4.62. The molecule has 0 atom stereocenters. The lowest BCUT2D eigenvalue weighted by Crippen LogP contribution is -1.99. The smallest absolute Gasteiger partial charge is 0.272 e. The van der Waals surface area contributed by atoms with Gasteiger partial charge in [0, 0.05) is 11.4 Å². The molecule has 0 bridgehead atoms. The van der Waals surface area contributed by atoms with E-state index in [-0.39, 0.29) is 12.3 Å². The van der Waals surface area contributed by atoms with Gasteiger partial charge in [-0.05, 0) is 23.8 Å². The zero-order chi connectivity index (χ0) is 14.5. The van der Waals surface area contributed by atoms with Crippen LogP contribution in [0.4, 0.5) is 10.1 Å². The van der Waals surface area contributed by atoms with Gasteiger partial charge in [0.25, 0.3) is 5.69 Å². The molecule has 0 aliphatic carbocycles. The van der Waals surface area contributed by atoms with E-state index in [0.717, 1.165) is 11.8 Å². The molecule has 2 rings (SSSR count). The highest BCUT2D eigenvalue weighted by atomic mass is 79.9. The zero-order valence-corrected chi connectivity index (χ0v) is 11.8. The number of nitrogens with zero attached hydrogens (tertiary/aromatic N) is 2. The Morgan fingerprint density at radius 1 is 1.35 bits per heavy atom. The summed E-state index contributed by atoms with van der Waals surface area (Å²) in [6.45, 7) is 0.0357. The summed E-state index contributed by atoms with van der Waals surface area (Å²) in [7, 11) is 0. The van der Waals surface area contributed by atoms with E-state index in [9.17, 15) is 14.5 Å².